The van der Waals surface area contributed by atoms with Crippen LogP contribution in [0.4, 0.5) is 5.82 Å². The standard InChI is InChI=1S/C19H21ClN6O2S/c1-14-16(20)4-3-5-17(14)29(27,28)26-10-8-24(9-11-26)18-12-19(23-15(2)22-18)25-7-6-21-13-25/h3-7,12-13H,8-11H2,1-2H3. The van der Waals surface area contributed by atoms with Crippen LogP contribution in [0.1, 0.15) is 11.4 Å². The minimum atomic E-state index is -3.60. The highest BCUT2D eigenvalue weighted by molar-refractivity contribution is 7.89. The maximum atomic E-state index is 13.1. The molecule has 29 heavy (non-hydrogen) atoms. The van der Waals surface area contributed by atoms with E-state index in [4.69, 9.17) is 11.6 Å². The molecule has 1 aliphatic rings. The van der Waals surface area contributed by atoms with Crippen molar-refractivity contribution in [3.05, 3.63) is 59.4 Å². The molecule has 0 unspecified atom stereocenters. The third kappa shape index (κ3) is 3.85. The van der Waals surface area contributed by atoms with Gasteiger partial charge in [-0.1, -0.05) is 17.7 Å². The van der Waals surface area contributed by atoms with Crippen molar-refractivity contribution < 1.29 is 8.42 Å². The molecule has 8 nitrogen and oxygen atoms in total. The number of anilines is 1. The van der Waals surface area contributed by atoms with E-state index in [0.29, 0.717) is 42.6 Å². The molecule has 3 heterocycles. The summed E-state index contributed by atoms with van der Waals surface area (Å²) in [6.07, 6.45) is 5.20. The molecule has 0 radical (unpaired) electrons. The van der Waals surface area contributed by atoms with Crippen molar-refractivity contribution in [3.63, 3.8) is 0 Å². The van der Waals surface area contributed by atoms with Crippen LogP contribution in [0, 0.1) is 13.8 Å². The summed E-state index contributed by atoms with van der Waals surface area (Å²) in [5, 5.41) is 0.452. The van der Waals surface area contributed by atoms with E-state index in [2.05, 4.69) is 19.9 Å². The van der Waals surface area contributed by atoms with E-state index in [9.17, 15) is 8.42 Å². The van der Waals surface area contributed by atoms with Crippen LogP contribution < -0.4 is 4.90 Å². The summed E-state index contributed by atoms with van der Waals surface area (Å²) in [5.74, 6) is 2.16. The summed E-state index contributed by atoms with van der Waals surface area (Å²) in [7, 11) is -3.60. The number of hydrogen-bond donors (Lipinski definition) is 0. The maximum Gasteiger partial charge on any atom is 0.243 e. The number of halogens is 1. The van der Waals surface area contributed by atoms with E-state index in [1.54, 1.807) is 37.6 Å². The smallest absolute Gasteiger partial charge is 0.243 e. The normalized spacial score (nSPS) is 15.6. The van der Waals surface area contributed by atoms with E-state index >= 15 is 0 Å². The van der Waals surface area contributed by atoms with Crippen molar-refractivity contribution in [3.8, 4) is 5.82 Å². The molecule has 10 heteroatoms. The summed E-state index contributed by atoms with van der Waals surface area (Å²) in [5.41, 5.74) is 0.577. The molecule has 1 aliphatic heterocycles. The van der Waals surface area contributed by atoms with E-state index in [1.165, 1.54) is 4.31 Å². The molecule has 2 aromatic heterocycles. The highest BCUT2D eigenvalue weighted by Crippen LogP contribution is 2.27. The number of imidazole rings is 1. The molecule has 1 fully saturated rings. The first-order chi connectivity index (χ1) is 13.9. The number of sulfonamides is 1. The fourth-order valence-corrected chi connectivity index (χ4v) is 5.29. The average Bonchev–Trinajstić information content (AvgIpc) is 3.24. The van der Waals surface area contributed by atoms with E-state index < -0.39 is 10.0 Å². The van der Waals surface area contributed by atoms with Gasteiger partial charge < -0.3 is 4.90 Å². The Kier molecular flexibility index (Phi) is 5.28. The molecular weight excluding hydrogens is 412 g/mol. The third-order valence-corrected chi connectivity index (χ3v) is 7.43. The Labute approximate surface area is 174 Å². The molecule has 152 valence electrons. The fourth-order valence-electron chi connectivity index (χ4n) is 3.39. The second kappa shape index (κ2) is 7.74. The molecule has 0 aliphatic carbocycles. The van der Waals surface area contributed by atoms with Crippen molar-refractivity contribution in [2.45, 2.75) is 18.7 Å². The maximum absolute atomic E-state index is 13.1. The molecule has 0 saturated carbocycles. The number of benzene rings is 1. The summed E-state index contributed by atoms with van der Waals surface area (Å²) in [6, 6.07) is 6.86. The highest BCUT2D eigenvalue weighted by atomic mass is 35.5. The van der Waals surface area contributed by atoms with Gasteiger partial charge in [0.05, 0.1) is 4.90 Å². The molecule has 0 bridgehead atoms. The van der Waals surface area contributed by atoms with Gasteiger partial charge in [-0.15, -0.1) is 0 Å². The molecule has 3 aromatic rings. The Balaban J connectivity index is 1.53. The topological polar surface area (TPSA) is 84.2 Å². The van der Waals surface area contributed by atoms with Gasteiger partial charge in [0.2, 0.25) is 10.0 Å². The van der Waals surface area contributed by atoms with Crippen molar-refractivity contribution in [1.29, 1.82) is 0 Å². The van der Waals surface area contributed by atoms with Crippen molar-refractivity contribution in [2.24, 2.45) is 0 Å². The fraction of sp³-hybridized carbons (Fsp3) is 0.316. The van der Waals surface area contributed by atoms with Crippen molar-refractivity contribution in [1.82, 2.24) is 23.8 Å². The summed E-state index contributed by atoms with van der Waals surface area (Å²) in [4.78, 5) is 15.4. The average molecular weight is 433 g/mol. The molecule has 0 N–H and O–H groups in total. The van der Waals surface area contributed by atoms with E-state index in [-0.39, 0.29) is 4.90 Å². The molecule has 1 saturated heterocycles. The van der Waals surface area contributed by atoms with Crippen LogP contribution in [0.25, 0.3) is 5.82 Å². The van der Waals surface area contributed by atoms with E-state index in [1.807, 2.05) is 23.8 Å². The monoisotopic (exact) mass is 432 g/mol. The Morgan fingerprint density at radius 3 is 2.45 bits per heavy atom. The van der Waals surface area contributed by atoms with Gasteiger partial charge in [-0.05, 0) is 31.5 Å². The Morgan fingerprint density at radius 1 is 1.03 bits per heavy atom. The predicted octanol–water partition coefficient (Wildman–Crippen LogP) is 2.44. The van der Waals surface area contributed by atoms with Gasteiger partial charge in [0.25, 0.3) is 0 Å². The van der Waals surface area contributed by atoms with Gasteiger partial charge in [-0.3, -0.25) is 4.57 Å². The van der Waals surface area contributed by atoms with Crippen LogP contribution in [-0.4, -0.2) is 58.4 Å². The van der Waals surface area contributed by atoms with Crippen LogP contribution in [0.2, 0.25) is 5.02 Å². The van der Waals surface area contributed by atoms with Gasteiger partial charge in [-0.2, -0.15) is 4.31 Å². The van der Waals surface area contributed by atoms with Gasteiger partial charge in [0, 0.05) is 49.7 Å². The van der Waals surface area contributed by atoms with Gasteiger partial charge >= 0.3 is 0 Å². The zero-order chi connectivity index (χ0) is 20.6. The lowest BCUT2D eigenvalue weighted by Gasteiger charge is -2.35. The quantitative estimate of drug-likeness (QED) is 0.629. The Bertz CT molecular complexity index is 1130. The number of nitrogens with zero attached hydrogens (tertiary/aromatic N) is 6. The minimum absolute atomic E-state index is 0.263. The Hall–Kier alpha value is -2.49. The van der Waals surface area contributed by atoms with Gasteiger partial charge in [0.1, 0.15) is 23.8 Å². The zero-order valence-corrected chi connectivity index (χ0v) is 17.7. The van der Waals surface area contributed by atoms with Crippen molar-refractivity contribution >= 4 is 27.4 Å². The third-order valence-electron chi connectivity index (χ3n) is 4.98. The van der Waals surface area contributed by atoms with Gasteiger partial charge in [0.15, 0.2) is 0 Å². The van der Waals surface area contributed by atoms with Gasteiger partial charge in [-0.25, -0.2) is 23.4 Å². The SMILES string of the molecule is Cc1nc(N2CCN(S(=O)(=O)c3cccc(Cl)c3C)CC2)cc(-n2ccnc2)n1. The largest absolute Gasteiger partial charge is 0.354 e. The molecule has 4 rings (SSSR count). The van der Waals surface area contributed by atoms with Crippen LogP contribution in [0.3, 0.4) is 0 Å². The zero-order valence-electron chi connectivity index (χ0n) is 16.2. The molecule has 0 atom stereocenters. The summed E-state index contributed by atoms with van der Waals surface area (Å²) >= 11 is 6.12. The molecule has 0 amide bonds. The predicted molar refractivity (Wildman–Crippen MR) is 111 cm³/mol. The first kappa shape index (κ1) is 19.8. The van der Waals surface area contributed by atoms with Crippen LogP contribution >= 0.6 is 11.6 Å². The second-order valence-electron chi connectivity index (χ2n) is 6.86. The van der Waals surface area contributed by atoms with Crippen LogP contribution in [-0.2, 0) is 10.0 Å². The lowest BCUT2D eigenvalue weighted by molar-refractivity contribution is 0.383. The number of rotatable bonds is 4. The summed E-state index contributed by atoms with van der Waals surface area (Å²) in [6.45, 7) is 5.39. The molecule has 0 spiro atoms. The molecular formula is C19H21ClN6O2S. The number of piperazine rings is 1. The van der Waals surface area contributed by atoms with Crippen LogP contribution in [0.15, 0.2) is 47.9 Å². The van der Waals surface area contributed by atoms with E-state index in [0.717, 1.165) is 11.6 Å². The van der Waals surface area contributed by atoms with Crippen LogP contribution in [0.5, 0.6) is 0 Å². The lowest BCUT2D eigenvalue weighted by atomic mass is 10.2. The molecule has 1 aromatic carbocycles. The summed E-state index contributed by atoms with van der Waals surface area (Å²) < 4.78 is 29.5. The van der Waals surface area contributed by atoms with Crippen molar-refractivity contribution in [2.75, 3.05) is 31.1 Å². The number of aromatic nitrogens is 4. The second-order valence-corrected chi connectivity index (χ2v) is 9.17. The Morgan fingerprint density at radius 2 is 1.76 bits per heavy atom. The number of hydrogen-bond acceptors (Lipinski definition) is 6. The lowest BCUT2D eigenvalue weighted by Crippen LogP contribution is -2.49. The highest BCUT2D eigenvalue weighted by Gasteiger charge is 2.30. The number of aryl methyl sites for hydroxylation is 1. The first-order valence-electron chi connectivity index (χ1n) is 9.20. The first-order valence-corrected chi connectivity index (χ1v) is 11.0. The minimum Gasteiger partial charge on any atom is -0.354 e.